The van der Waals surface area contributed by atoms with Crippen molar-refractivity contribution in [3.8, 4) is 0 Å². The number of methoxy groups -OCH3 is 1. The summed E-state index contributed by atoms with van der Waals surface area (Å²) in [4.78, 5) is 6.65. The number of nitrogens with one attached hydrogen (secondary N) is 1. The van der Waals surface area contributed by atoms with Crippen molar-refractivity contribution in [1.82, 2.24) is 10.3 Å². The molecule has 0 aromatic heterocycles. The molecule has 1 aliphatic heterocycles. The summed E-state index contributed by atoms with van der Waals surface area (Å²) in [7, 11) is 1.67. The van der Waals surface area contributed by atoms with Crippen LogP contribution < -0.4 is 11.3 Å². The zero-order valence-electron chi connectivity index (χ0n) is 11.4. The van der Waals surface area contributed by atoms with Gasteiger partial charge in [0, 0.05) is 20.2 Å². The van der Waals surface area contributed by atoms with Crippen LogP contribution in [-0.4, -0.2) is 37.7 Å². The third kappa shape index (κ3) is 3.68. The van der Waals surface area contributed by atoms with Crippen LogP contribution in [0.15, 0.2) is 29.3 Å². The quantitative estimate of drug-likeness (QED) is 0.279. The maximum Gasteiger partial charge on any atom is 0.208 e. The molecule has 0 bridgehead atoms. The van der Waals surface area contributed by atoms with Gasteiger partial charge >= 0.3 is 0 Å². The van der Waals surface area contributed by atoms with E-state index in [0.717, 1.165) is 31.9 Å². The number of ether oxygens (including phenoxy) is 1. The topological polar surface area (TPSA) is 62.9 Å². The Hall–Kier alpha value is -1.59. The van der Waals surface area contributed by atoms with E-state index < -0.39 is 0 Å². The number of rotatable bonds is 3. The van der Waals surface area contributed by atoms with Gasteiger partial charge in [0.25, 0.3) is 0 Å². The molecule has 0 saturated carbocycles. The highest BCUT2D eigenvalue weighted by molar-refractivity contribution is 5.79. The molecular formula is C14H22N4O. The molecule has 0 spiro atoms. The Morgan fingerprint density at radius 3 is 2.95 bits per heavy atom. The molecule has 0 amide bonds. The second kappa shape index (κ2) is 7.11. The van der Waals surface area contributed by atoms with E-state index in [1.54, 1.807) is 7.11 Å². The number of fused-ring (bicyclic) bond motifs is 1. The molecule has 104 valence electrons. The standard InChI is InChI=1S/C14H22N4O/c1-19-10-8-16-14(17-15)18-9-4-7-12-5-2-3-6-13(12)11-18/h2-3,5-6H,4,7-11,15H2,1H3,(H,16,17). The molecule has 0 aliphatic carbocycles. The van der Waals surface area contributed by atoms with Crippen LogP contribution in [0, 0.1) is 0 Å². The first kappa shape index (κ1) is 13.8. The van der Waals surface area contributed by atoms with Gasteiger partial charge in [0.15, 0.2) is 0 Å². The molecular weight excluding hydrogens is 240 g/mol. The van der Waals surface area contributed by atoms with Gasteiger partial charge in [-0.3, -0.25) is 5.43 Å². The molecule has 1 aromatic rings. The van der Waals surface area contributed by atoms with Gasteiger partial charge in [0.2, 0.25) is 5.96 Å². The van der Waals surface area contributed by atoms with Crippen molar-refractivity contribution in [1.29, 1.82) is 0 Å². The van der Waals surface area contributed by atoms with Gasteiger partial charge in [0.1, 0.15) is 0 Å². The first-order valence-electron chi connectivity index (χ1n) is 6.67. The lowest BCUT2D eigenvalue weighted by Gasteiger charge is -2.24. The third-order valence-electron chi connectivity index (χ3n) is 3.34. The van der Waals surface area contributed by atoms with Crippen molar-refractivity contribution in [3.63, 3.8) is 0 Å². The monoisotopic (exact) mass is 262 g/mol. The normalized spacial score (nSPS) is 15.9. The fraction of sp³-hybridized carbons (Fsp3) is 0.500. The number of benzene rings is 1. The van der Waals surface area contributed by atoms with Crippen LogP contribution in [-0.2, 0) is 17.7 Å². The zero-order chi connectivity index (χ0) is 13.5. The Labute approximate surface area is 114 Å². The van der Waals surface area contributed by atoms with Crippen molar-refractivity contribution in [3.05, 3.63) is 35.4 Å². The molecule has 1 aliphatic rings. The van der Waals surface area contributed by atoms with Gasteiger partial charge in [0.05, 0.1) is 13.2 Å². The minimum atomic E-state index is 0.607. The van der Waals surface area contributed by atoms with E-state index in [9.17, 15) is 0 Å². The van der Waals surface area contributed by atoms with Crippen LogP contribution in [0.1, 0.15) is 17.5 Å². The zero-order valence-corrected chi connectivity index (χ0v) is 11.4. The molecule has 3 N–H and O–H groups in total. The molecule has 1 aromatic carbocycles. The first-order valence-corrected chi connectivity index (χ1v) is 6.67. The minimum Gasteiger partial charge on any atom is -0.383 e. The second-order valence-electron chi connectivity index (χ2n) is 4.64. The third-order valence-corrected chi connectivity index (χ3v) is 3.34. The van der Waals surface area contributed by atoms with Gasteiger partial charge in [-0.15, -0.1) is 0 Å². The number of nitrogens with two attached hydrogens (primary N) is 1. The predicted molar refractivity (Wildman–Crippen MR) is 76.7 cm³/mol. The molecule has 0 fully saturated rings. The van der Waals surface area contributed by atoms with Crippen LogP contribution >= 0.6 is 0 Å². The maximum absolute atomic E-state index is 5.59. The van der Waals surface area contributed by atoms with E-state index in [1.165, 1.54) is 11.1 Å². The molecule has 19 heavy (non-hydrogen) atoms. The summed E-state index contributed by atoms with van der Waals surface area (Å²) in [5, 5.41) is 0. The summed E-state index contributed by atoms with van der Waals surface area (Å²) in [5.41, 5.74) is 5.49. The minimum absolute atomic E-state index is 0.607. The molecule has 2 rings (SSSR count). The number of hydrazine groups is 1. The van der Waals surface area contributed by atoms with Gasteiger partial charge in [-0.2, -0.15) is 0 Å². The van der Waals surface area contributed by atoms with E-state index in [-0.39, 0.29) is 0 Å². The summed E-state index contributed by atoms with van der Waals surface area (Å²) in [6.07, 6.45) is 2.23. The smallest absolute Gasteiger partial charge is 0.208 e. The van der Waals surface area contributed by atoms with Crippen LogP contribution in [0.25, 0.3) is 0 Å². The Bertz CT molecular complexity index is 433. The number of aryl methyl sites for hydroxylation is 1. The van der Waals surface area contributed by atoms with E-state index >= 15 is 0 Å². The van der Waals surface area contributed by atoms with Crippen LogP contribution in [0.5, 0.6) is 0 Å². The highest BCUT2D eigenvalue weighted by Crippen LogP contribution is 2.18. The second-order valence-corrected chi connectivity index (χ2v) is 4.64. The maximum atomic E-state index is 5.59. The highest BCUT2D eigenvalue weighted by Gasteiger charge is 2.16. The van der Waals surface area contributed by atoms with Gasteiger partial charge in [-0.1, -0.05) is 24.3 Å². The van der Waals surface area contributed by atoms with Crippen LogP contribution in [0.2, 0.25) is 0 Å². The lowest BCUT2D eigenvalue weighted by molar-refractivity contribution is 0.207. The first-order chi connectivity index (χ1) is 9.35. The number of nitrogens with zero attached hydrogens (tertiary/aromatic N) is 2. The summed E-state index contributed by atoms with van der Waals surface area (Å²) in [6.45, 7) is 3.04. The Balaban J connectivity index is 2.10. The summed E-state index contributed by atoms with van der Waals surface area (Å²) in [6, 6.07) is 8.57. The van der Waals surface area contributed by atoms with Crippen LogP contribution in [0.3, 0.4) is 0 Å². The van der Waals surface area contributed by atoms with Crippen LogP contribution in [0.4, 0.5) is 0 Å². The molecule has 0 radical (unpaired) electrons. The summed E-state index contributed by atoms with van der Waals surface area (Å²) >= 11 is 0. The molecule has 0 atom stereocenters. The van der Waals surface area contributed by atoms with Gasteiger partial charge < -0.3 is 9.64 Å². The van der Waals surface area contributed by atoms with Gasteiger partial charge in [-0.25, -0.2) is 10.8 Å². The fourth-order valence-corrected chi connectivity index (χ4v) is 2.36. The fourth-order valence-electron chi connectivity index (χ4n) is 2.36. The summed E-state index contributed by atoms with van der Waals surface area (Å²) in [5.74, 6) is 6.34. The van der Waals surface area contributed by atoms with Crippen molar-refractivity contribution < 1.29 is 4.74 Å². The van der Waals surface area contributed by atoms with Crippen molar-refractivity contribution >= 4 is 5.96 Å². The number of hydrogen-bond donors (Lipinski definition) is 2. The highest BCUT2D eigenvalue weighted by atomic mass is 16.5. The average molecular weight is 262 g/mol. The Morgan fingerprint density at radius 2 is 2.21 bits per heavy atom. The molecule has 5 heteroatoms. The number of hydrogen-bond acceptors (Lipinski definition) is 3. The molecule has 5 nitrogen and oxygen atoms in total. The van der Waals surface area contributed by atoms with E-state index in [4.69, 9.17) is 10.6 Å². The summed E-state index contributed by atoms with van der Waals surface area (Å²) < 4.78 is 5.01. The molecule has 1 heterocycles. The van der Waals surface area contributed by atoms with Crippen molar-refractivity contribution in [2.45, 2.75) is 19.4 Å². The number of aliphatic imine (C=N–C) groups is 1. The molecule has 0 saturated heterocycles. The average Bonchev–Trinajstić information content (AvgIpc) is 2.66. The lowest BCUT2D eigenvalue weighted by Crippen LogP contribution is -2.44. The molecule has 0 unspecified atom stereocenters. The van der Waals surface area contributed by atoms with E-state index in [2.05, 4.69) is 39.6 Å². The van der Waals surface area contributed by atoms with E-state index in [0.29, 0.717) is 13.2 Å². The van der Waals surface area contributed by atoms with E-state index in [1.807, 2.05) is 0 Å². The Morgan fingerprint density at radius 1 is 1.42 bits per heavy atom. The SMILES string of the molecule is COCCN=C(NN)N1CCCc2ccccc2C1. The predicted octanol–water partition coefficient (Wildman–Crippen LogP) is 0.901. The van der Waals surface area contributed by atoms with Crippen molar-refractivity contribution in [2.24, 2.45) is 10.8 Å². The lowest BCUT2D eigenvalue weighted by atomic mass is 10.0. The largest absolute Gasteiger partial charge is 0.383 e. The van der Waals surface area contributed by atoms with Gasteiger partial charge in [-0.05, 0) is 24.0 Å². The Kier molecular flexibility index (Phi) is 5.18. The number of guanidine groups is 1. The van der Waals surface area contributed by atoms with Crippen molar-refractivity contribution in [2.75, 3.05) is 26.8 Å².